The van der Waals surface area contributed by atoms with Gasteiger partial charge in [0, 0.05) is 30.7 Å². The van der Waals surface area contributed by atoms with Crippen LogP contribution in [0.2, 0.25) is 5.02 Å². The molecule has 2 heterocycles. The quantitative estimate of drug-likeness (QED) is 0.398. The first-order valence-electron chi connectivity index (χ1n) is 9.82. The third-order valence-electron chi connectivity index (χ3n) is 3.99. The Hall–Kier alpha value is -3.13. The molecule has 2 aromatic heterocycles. The van der Waals surface area contributed by atoms with Gasteiger partial charge in [-0.15, -0.1) is 0 Å². The monoisotopic (exact) mass is 428 g/mol. The zero-order chi connectivity index (χ0) is 21.2. The van der Waals surface area contributed by atoms with E-state index in [1.54, 1.807) is 18.3 Å². The molecule has 9 heteroatoms. The van der Waals surface area contributed by atoms with Crippen LogP contribution in [-0.4, -0.2) is 46.8 Å². The van der Waals surface area contributed by atoms with Crippen molar-refractivity contribution in [2.24, 2.45) is 4.99 Å². The van der Waals surface area contributed by atoms with Crippen LogP contribution in [0.15, 0.2) is 58.2 Å². The van der Waals surface area contributed by atoms with Gasteiger partial charge < -0.3 is 19.9 Å². The Morgan fingerprint density at radius 1 is 1.20 bits per heavy atom. The molecule has 8 nitrogen and oxygen atoms in total. The number of halogens is 1. The van der Waals surface area contributed by atoms with Crippen LogP contribution in [0.1, 0.15) is 19.7 Å². The number of aromatic nitrogens is 3. The Morgan fingerprint density at radius 3 is 2.77 bits per heavy atom. The molecule has 0 amide bonds. The molecule has 0 fully saturated rings. The van der Waals surface area contributed by atoms with E-state index in [1.807, 2.05) is 44.2 Å². The number of rotatable bonds is 9. The van der Waals surface area contributed by atoms with E-state index in [4.69, 9.17) is 20.9 Å². The van der Waals surface area contributed by atoms with Crippen LogP contribution < -0.4 is 15.4 Å². The summed E-state index contributed by atoms with van der Waals surface area (Å²) in [4.78, 5) is 13.2. The van der Waals surface area contributed by atoms with E-state index in [1.165, 1.54) is 0 Å². The predicted octanol–water partition coefficient (Wildman–Crippen LogP) is 3.35. The molecular formula is C21H25ClN6O2. The van der Waals surface area contributed by atoms with E-state index in [0.29, 0.717) is 47.9 Å². The standard InChI is InChI=1S/C21H25ClN6O2/c1-3-23-21(26-14-15(2)29-17-9-7-16(22)8-10-17)25-13-11-19-27-20(30-28-19)18-6-4-5-12-24-18/h4-10,12,15H,3,11,13-14H2,1-2H3,(H2,23,25,26). The second kappa shape index (κ2) is 11.2. The molecule has 0 spiro atoms. The Labute approximate surface area is 180 Å². The van der Waals surface area contributed by atoms with Crippen molar-refractivity contribution < 1.29 is 9.26 Å². The summed E-state index contributed by atoms with van der Waals surface area (Å²) in [5.41, 5.74) is 0.661. The molecule has 3 rings (SSSR count). The zero-order valence-electron chi connectivity index (χ0n) is 17.0. The number of hydrogen-bond acceptors (Lipinski definition) is 6. The van der Waals surface area contributed by atoms with Crippen LogP contribution in [0.25, 0.3) is 11.6 Å². The van der Waals surface area contributed by atoms with Gasteiger partial charge >= 0.3 is 0 Å². The van der Waals surface area contributed by atoms with Crippen molar-refractivity contribution in [1.82, 2.24) is 25.8 Å². The molecule has 0 saturated carbocycles. The normalized spacial score (nSPS) is 12.4. The van der Waals surface area contributed by atoms with Crippen molar-refractivity contribution >= 4 is 17.6 Å². The minimum absolute atomic E-state index is 0.0835. The molecule has 0 saturated heterocycles. The van der Waals surface area contributed by atoms with Gasteiger partial charge in [-0.1, -0.05) is 22.8 Å². The van der Waals surface area contributed by atoms with Gasteiger partial charge in [0.1, 0.15) is 17.5 Å². The number of ether oxygens (including phenoxy) is 1. The van der Waals surface area contributed by atoms with Crippen molar-refractivity contribution in [3.8, 4) is 17.3 Å². The van der Waals surface area contributed by atoms with E-state index < -0.39 is 0 Å². The lowest BCUT2D eigenvalue weighted by atomic mass is 10.3. The van der Waals surface area contributed by atoms with Crippen LogP contribution in [0, 0.1) is 0 Å². The molecule has 0 radical (unpaired) electrons. The van der Waals surface area contributed by atoms with Gasteiger partial charge in [0.15, 0.2) is 11.8 Å². The maximum absolute atomic E-state index is 5.90. The van der Waals surface area contributed by atoms with Gasteiger partial charge in [-0.05, 0) is 50.2 Å². The average Bonchev–Trinajstić information content (AvgIpc) is 3.23. The van der Waals surface area contributed by atoms with Crippen LogP contribution in [-0.2, 0) is 6.42 Å². The van der Waals surface area contributed by atoms with Gasteiger partial charge in [0.2, 0.25) is 0 Å². The SMILES string of the molecule is CCNC(=NCC(C)Oc1ccc(Cl)cc1)NCCc1noc(-c2ccccn2)n1. The number of guanidine groups is 1. The van der Waals surface area contributed by atoms with E-state index in [0.717, 1.165) is 12.3 Å². The predicted molar refractivity (Wildman–Crippen MR) is 117 cm³/mol. The molecule has 3 aromatic rings. The van der Waals surface area contributed by atoms with Crippen molar-refractivity contribution in [2.45, 2.75) is 26.4 Å². The zero-order valence-corrected chi connectivity index (χ0v) is 17.8. The lowest BCUT2D eigenvalue weighted by Crippen LogP contribution is -2.39. The second-order valence-electron chi connectivity index (χ2n) is 6.51. The van der Waals surface area contributed by atoms with Gasteiger partial charge in [0.25, 0.3) is 5.89 Å². The van der Waals surface area contributed by atoms with Crippen LogP contribution in [0.3, 0.4) is 0 Å². The summed E-state index contributed by atoms with van der Waals surface area (Å²) < 4.78 is 11.1. The summed E-state index contributed by atoms with van der Waals surface area (Å²) >= 11 is 5.90. The van der Waals surface area contributed by atoms with Crippen LogP contribution >= 0.6 is 11.6 Å². The highest BCUT2D eigenvalue weighted by Crippen LogP contribution is 2.17. The Kier molecular flexibility index (Phi) is 8.02. The molecule has 30 heavy (non-hydrogen) atoms. The number of benzene rings is 1. The molecule has 0 aliphatic rings. The fourth-order valence-electron chi connectivity index (χ4n) is 2.59. The molecule has 2 N–H and O–H groups in total. The Morgan fingerprint density at radius 2 is 2.03 bits per heavy atom. The maximum Gasteiger partial charge on any atom is 0.276 e. The number of aliphatic imine (C=N–C) groups is 1. The van der Waals surface area contributed by atoms with E-state index in [9.17, 15) is 0 Å². The first-order chi connectivity index (χ1) is 14.6. The van der Waals surface area contributed by atoms with Gasteiger partial charge in [-0.3, -0.25) is 4.98 Å². The number of nitrogens with one attached hydrogen (secondary N) is 2. The minimum atomic E-state index is -0.0835. The molecule has 1 aromatic carbocycles. The van der Waals surface area contributed by atoms with E-state index >= 15 is 0 Å². The average molecular weight is 429 g/mol. The summed E-state index contributed by atoms with van der Waals surface area (Å²) in [6, 6.07) is 12.8. The van der Waals surface area contributed by atoms with E-state index in [-0.39, 0.29) is 6.10 Å². The van der Waals surface area contributed by atoms with Crippen LogP contribution in [0.5, 0.6) is 5.75 Å². The van der Waals surface area contributed by atoms with Crippen molar-refractivity contribution in [3.63, 3.8) is 0 Å². The van der Waals surface area contributed by atoms with Crippen molar-refractivity contribution in [2.75, 3.05) is 19.6 Å². The molecule has 158 valence electrons. The number of pyridine rings is 1. The molecular weight excluding hydrogens is 404 g/mol. The smallest absolute Gasteiger partial charge is 0.276 e. The lowest BCUT2D eigenvalue weighted by Gasteiger charge is -2.15. The molecule has 0 aliphatic heterocycles. The Balaban J connectivity index is 1.48. The largest absolute Gasteiger partial charge is 0.489 e. The summed E-state index contributed by atoms with van der Waals surface area (Å²) in [6.07, 6.45) is 2.20. The second-order valence-corrected chi connectivity index (χ2v) is 6.95. The highest BCUT2D eigenvalue weighted by atomic mass is 35.5. The van der Waals surface area contributed by atoms with Gasteiger partial charge in [-0.25, -0.2) is 4.99 Å². The fraction of sp³-hybridized carbons (Fsp3) is 0.333. The topological polar surface area (TPSA) is 97.5 Å². The maximum atomic E-state index is 5.90. The highest BCUT2D eigenvalue weighted by Gasteiger charge is 2.10. The Bertz CT molecular complexity index is 930. The van der Waals surface area contributed by atoms with Crippen LogP contribution in [0.4, 0.5) is 0 Å². The first kappa shape index (κ1) is 21.6. The molecule has 1 unspecified atom stereocenters. The van der Waals surface area contributed by atoms with Crippen molar-refractivity contribution in [1.29, 1.82) is 0 Å². The highest BCUT2D eigenvalue weighted by molar-refractivity contribution is 6.30. The molecule has 1 atom stereocenters. The summed E-state index contributed by atoms with van der Waals surface area (Å²) in [6.45, 7) is 5.86. The van der Waals surface area contributed by atoms with Gasteiger partial charge in [0.05, 0.1) is 6.54 Å². The third-order valence-corrected chi connectivity index (χ3v) is 4.25. The third kappa shape index (κ3) is 6.73. The fourth-order valence-corrected chi connectivity index (χ4v) is 2.71. The molecule has 0 bridgehead atoms. The first-order valence-corrected chi connectivity index (χ1v) is 10.2. The summed E-state index contributed by atoms with van der Waals surface area (Å²) in [5.74, 6) is 2.50. The summed E-state index contributed by atoms with van der Waals surface area (Å²) in [5, 5.41) is 11.2. The van der Waals surface area contributed by atoms with Crippen molar-refractivity contribution in [3.05, 3.63) is 59.5 Å². The molecule has 0 aliphatic carbocycles. The lowest BCUT2D eigenvalue weighted by molar-refractivity contribution is 0.230. The summed E-state index contributed by atoms with van der Waals surface area (Å²) in [7, 11) is 0. The van der Waals surface area contributed by atoms with Gasteiger partial charge in [-0.2, -0.15) is 4.98 Å². The minimum Gasteiger partial charge on any atom is -0.489 e. The number of nitrogens with zero attached hydrogens (tertiary/aromatic N) is 4. The van der Waals surface area contributed by atoms with E-state index in [2.05, 4.69) is 30.8 Å². The number of hydrogen-bond donors (Lipinski definition) is 2.